The minimum Gasteiger partial charge on any atom is -0.481 e. The molecule has 34 heavy (non-hydrogen) atoms. The second-order valence-electron chi connectivity index (χ2n) is 9.21. The van der Waals surface area contributed by atoms with E-state index in [-0.39, 0.29) is 18.6 Å². The molecule has 1 heterocycles. The third-order valence-corrected chi connectivity index (χ3v) is 7.08. The molecule has 1 saturated carbocycles. The number of nitrogens with zero attached hydrogens (tertiary/aromatic N) is 1. The van der Waals surface area contributed by atoms with Gasteiger partial charge in [-0.05, 0) is 35.1 Å². The Bertz CT molecular complexity index is 1100. The van der Waals surface area contributed by atoms with Crippen molar-refractivity contribution in [2.24, 2.45) is 11.8 Å². The number of fused-ring (bicyclic) bond motifs is 3. The van der Waals surface area contributed by atoms with Crippen molar-refractivity contribution in [2.45, 2.75) is 30.7 Å². The number of alkyl carbamates (subject to hydrolysis) is 1. The van der Waals surface area contributed by atoms with Crippen LogP contribution in [0.5, 0.6) is 0 Å². The Balaban J connectivity index is 1.12. The quantitative estimate of drug-likeness (QED) is 0.698. The molecule has 0 radical (unpaired) electrons. The van der Waals surface area contributed by atoms with Gasteiger partial charge in [0.2, 0.25) is 5.91 Å². The number of amides is 2. The number of ether oxygens (including phenoxy) is 1. The van der Waals surface area contributed by atoms with Gasteiger partial charge < -0.3 is 20.1 Å². The molecule has 178 valence electrons. The first-order valence-electron chi connectivity index (χ1n) is 11.3. The van der Waals surface area contributed by atoms with E-state index in [9.17, 15) is 23.2 Å². The summed E-state index contributed by atoms with van der Waals surface area (Å²) < 4.78 is 33.2. The Kier molecular flexibility index (Phi) is 5.50. The summed E-state index contributed by atoms with van der Waals surface area (Å²) in [6.07, 6.45) is 0.0301. The van der Waals surface area contributed by atoms with Crippen molar-refractivity contribution in [1.29, 1.82) is 0 Å². The van der Waals surface area contributed by atoms with E-state index >= 15 is 0 Å². The standard InChI is InChI=1S/C25H24F2N2O5/c26-25(27)13-29(11-21(25)23(31)32)22(30)14-9-15(10-14)28-24(33)34-12-20-18-7-3-1-5-16(18)17-6-2-4-8-19(17)20/h1-8,14-15,20-21H,9-13H2,(H,28,33)(H,31,32). The summed E-state index contributed by atoms with van der Waals surface area (Å²) in [5.74, 6) is -8.00. The largest absolute Gasteiger partial charge is 0.481 e. The summed E-state index contributed by atoms with van der Waals surface area (Å²) in [6, 6.07) is 15.7. The lowest BCUT2D eigenvalue weighted by molar-refractivity contribution is -0.151. The molecule has 1 atom stereocenters. The second-order valence-corrected chi connectivity index (χ2v) is 9.21. The number of hydrogen-bond acceptors (Lipinski definition) is 4. The lowest BCUT2D eigenvalue weighted by Crippen LogP contribution is -2.50. The van der Waals surface area contributed by atoms with Crippen LogP contribution >= 0.6 is 0 Å². The van der Waals surface area contributed by atoms with Crippen molar-refractivity contribution in [3.05, 3.63) is 59.7 Å². The monoisotopic (exact) mass is 470 g/mol. The Hall–Kier alpha value is -3.49. The average Bonchev–Trinajstić information content (AvgIpc) is 3.28. The molecule has 1 unspecified atom stereocenters. The molecule has 2 aliphatic carbocycles. The van der Waals surface area contributed by atoms with Gasteiger partial charge in [-0.15, -0.1) is 0 Å². The average molecular weight is 470 g/mol. The highest BCUT2D eigenvalue weighted by atomic mass is 19.3. The second kappa shape index (κ2) is 8.38. The Morgan fingerprint density at radius 1 is 1.03 bits per heavy atom. The summed E-state index contributed by atoms with van der Waals surface area (Å²) in [7, 11) is 0. The van der Waals surface area contributed by atoms with E-state index in [1.165, 1.54) is 0 Å². The molecule has 7 nitrogen and oxygen atoms in total. The first-order chi connectivity index (χ1) is 16.2. The first-order valence-corrected chi connectivity index (χ1v) is 11.3. The molecule has 2 amide bonds. The number of carboxylic acids is 1. The van der Waals surface area contributed by atoms with Gasteiger partial charge in [0, 0.05) is 24.4 Å². The number of likely N-dealkylation sites (tertiary alicyclic amines) is 1. The predicted molar refractivity (Wildman–Crippen MR) is 117 cm³/mol. The van der Waals surface area contributed by atoms with Crippen LogP contribution in [0.1, 0.15) is 29.9 Å². The van der Waals surface area contributed by atoms with E-state index in [0.717, 1.165) is 27.2 Å². The van der Waals surface area contributed by atoms with Crippen LogP contribution in [-0.2, 0) is 14.3 Å². The van der Waals surface area contributed by atoms with Crippen LogP contribution in [0.25, 0.3) is 11.1 Å². The lowest BCUT2D eigenvalue weighted by atomic mass is 9.79. The Morgan fingerprint density at radius 3 is 2.18 bits per heavy atom. The van der Waals surface area contributed by atoms with Gasteiger partial charge in [0.15, 0.2) is 0 Å². The van der Waals surface area contributed by atoms with Gasteiger partial charge in [0.1, 0.15) is 12.5 Å². The fraction of sp³-hybridized carbons (Fsp3) is 0.400. The fourth-order valence-corrected chi connectivity index (χ4v) is 5.21. The number of halogens is 2. The Morgan fingerprint density at radius 2 is 1.62 bits per heavy atom. The highest BCUT2D eigenvalue weighted by molar-refractivity contribution is 5.83. The first kappa shape index (κ1) is 22.3. The van der Waals surface area contributed by atoms with E-state index in [4.69, 9.17) is 9.84 Å². The molecule has 2 aromatic rings. The SMILES string of the molecule is O=C(NC1CC(C(=O)N2CC(C(=O)O)C(F)(F)C2)C1)OCC1c2ccccc2-c2ccccc21. The predicted octanol–water partition coefficient (Wildman–Crippen LogP) is 3.48. The van der Waals surface area contributed by atoms with Crippen molar-refractivity contribution in [2.75, 3.05) is 19.7 Å². The molecule has 2 aromatic carbocycles. The highest BCUT2D eigenvalue weighted by Crippen LogP contribution is 2.44. The van der Waals surface area contributed by atoms with Crippen molar-refractivity contribution >= 4 is 18.0 Å². The number of carbonyl (C=O) groups is 3. The highest BCUT2D eigenvalue weighted by Gasteiger charge is 2.54. The van der Waals surface area contributed by atoms with Crippen molar-refractivity contribution in [1.82, 2.24) is 10.2 Å². The third-order valence-electron chi connectivity index (χ3n) is 7.08. The van der Waals surface area contributed by atoms with Gasteiger partial charge >= 0.3 is 12.1 Å². The molecule has 2 N–H and O–H groups in total. The molecule has 1 saturated heterocycles. The van der Waals surface area contributed by atoms with E-state index in [0.29, 0.717) is 12.8 Å². The van der Waals surface area contributed by atoms with Gasteiger partial charge in [-0.2, -0.15) is 0 Å². The van der Waals surface area contributed by atoms with Crippen LogP contribution in [0.15, 0.2) is 48.5 Å². The summed E-state index contributed by atoms with van der Waals surface area (Å²) >= 11 is 0. The van der Waals surface area contributed by atoms with Gasteiger partial charge in [-0.1, -0.05) is 48.5 Å². The molecular weight excluding hydrogens is 446 g/mol. The zero-order chi connectivity index (χ0) is 24.0. The lowest BCUT2D eigenvalue weighted by Gasteiger charge is -2.36. The summed E-state index contributed by atoms with van der Waals surface area (Å²) in [6.45, 7) is -1.21. The normalized spacial score (nSPS) is 24.6. The van der Waals surface area contributed by atoms with Crippen molar-refractivity contribution < 1.29 is 33.0 Å². The maximum absolute atomic E-state index is 13.9. The molecular formula is C25H24F2N2O5. The zero-order valence-electron chi connectivity index (χ0n) is 18.2. The van der Waals surface area contributed by atoms with Gasteiger partial charge in [0.25, 0.3) is 5.92 Å². The van der Waals surface area contributed by atoms with Gasteiger partial charge in [-0.3, -0.25) is 9.59 Å². The number of carboxylic acid groups (broad SMARTS) is 1. The van der Waals surface area contributed by atoms with Crippen LogP contribution in [0.3, 0.4) is 0 Å². The molecule has 0 aromatic heterocycles. The molecule has 3 aliphatic rings. The van der Waals surface area contributed by atoms with Crippen molar-refractivity contribution in [3.8, 4) is 11.1 Å². The molecule has 2 fully saturated rings. The van der Waals surface area contributed by atoms with Gasteiger partial charge in [0.05, 0.1) is 6.54 Å². The number of carbonyl (C=O) groups excluding carboxylic acids is 2. The molecule has 0 spiro atoms. The minimum absolute atomic E-state index is 0.0621. The molecule has 5 rings (SSSR count). The molecule has 1 aliphatic heterocycles. The number of benzene rings is 2. The van der Waals surface area contributed by atoms with Gasteiger partial charge in [-0.25, -0.2) is 13.6 Å². The van der Waals surface area contributed by atoms with E-state index < -0.39 is 48.8 Å². The molecule has 0 bridgehead atoms. The number of hydrogen-bond donors (Lipinski definition) is 2. The summed E-state index contributed by atoms with van der Waals surface area (Å²) in [5, 5.41) is 11.7. The maximum Gasteiger partial charge on any atom is 0.407 e. The maximum atomic E-state index is 13.9. The fourth-order valence-electron chi connectivity index (χ4n) is 5.21. The van der Waals surface area contributed by atoms with Crippen LogP contribution in [-0.4, -0.2) is 59.6 Å². The third kappa shape index (κ3) is 3.89. The van der Waals surface area contributed by atoms with Crippen LogP contribution in [0.2, 0.25) is 0 Å². The minimum atomic E-state index is -3.44. The number of rotatable bonds is 5. The smallest absolute Gasteiger partial charge is 0.407 e. The van der Waals surface area contributed by atoms with E-state index in [1.54, 1.807) is 0 Å². The van der Waals surface area contributed by atoms with Crippen LogP contribution in [0, 0.1) is 11.8 Å². The van der Waals surface area contributed by atoms with E-state index in [1.807, 2.05) is 36.4 Å². The zero-order valence-corrected chi connectivity index (χ0v) is 18.2. The topological polar surface area (TPSA) is 95.9 Å². The van der Waals surface area contributed by atoms with E-state index in [2.05, 4.69) is 17.4 Å². The summed E-state index contributed by atoms with van der Waals surface area (Å²) in [4.78, 5) is 36.8. The number of alkyl halides is 2. The summed E-state index contributed by atoms with van der Waals surface area (Å²) in [5.41, 5.74) is 4.47. The van der Waals surface area contributed by atoms with Crippen molar-refractivity contribution in [3.63, 3.8) is 0 Å². The number of aliphatic carboxylic acids is 1. The van der Waals surface area contributed by atoms with Crippen LogP contribution < -0.4 is 5.32 Å². The Labute approximate surface area is 194 Å². The van der Waals surface area contributed by atoms with Crippen LogP contribution in [0.4, 0.5) is 13.6 Å². The number of nitrogens with one attached hydrogen (secondary N) is 1. The molecule has 9 heteroatoms.